The van der Waals surface area contributed by atoms with Crippen LogP contribution in [0.3, 0.4) is 0 Å². The molecule has 1 heterocycles. The van der Waals surface area contributed by atoms with Crippen LogP contribution in [0, 0.1) is 0 Å². The van der Waals surface area contributed by atoms with E-state index in [1.54, 1.807) is 14.0 Å². The molecule has 4 nitrogen and oxygen atoms in total. The molecule has 2 unspecified atom stereocenters. The second-order valence-electron chi connectivity index (χ2n) is 3.79. The number of carbonyl (C=O) groups is 1. The summed E-state index contributed by atoms with van der Waals surface area (Å²) in [7, 11) is 3.51. The maximum absolute atomic E-state index is 11.8. The topological polar surface area (TPSA) is 41.6 Å². The predicted molar refractivity (Wildman–Crippen MR) is 62.4 cm³/mol. The van der Waals surface area contributed by atoms with Crippen molar-refractivity contribution in [1.82, 2.24) is 10.2 Å². The molecule has 0 spiro atoms. The molecule has 1 aliphatic heterocycles. The van der Waals surface area contributed by atoms with Gasteiger partial charge in [-0.2, -0.15) is 0 Å². The largest absolute Gasteiger partial charge is 0.372 e. The van der Waals surface area contributed by atoms with Crippen LogP contribution in [0.15, 0.2) is 0 Å². The van der Waals surface area contributed by atoms with E-state index in [0.29, 0.717) is 6.04 Å². The van der Waals surface area contributed by atoms with Crippen molar-refractivity contribution in [3.05, 3.63) is 0 Å². The summed E-state index contributed by atoms with van der Waals surface area (Å²) in [5, 5.41) is 3.21. The molecule has 0 aliphatic carbocycles. The average molecular weight is 237 g/mol. The SMILES string of the molecule is CNC1CCCN(C(=O)C(C)OC)C1.Cl. The second kappa shape index (κ2) is 7.04. The van der Waals surface area contributed by atoms with Crippen LogP contribution in [0.1, 0.15) is 19.8 Å². The normalized spacial score (nSPS) is 23.1. The molecule has 5 heteroatoms. The Kier molecular flexibility index (Phi) is 6.89. The minimum Gasteiger partial charge on any atom is -0.372 e. The van der Waals surface area contributed by atoms with Crippen molar-refractivity contribution in [1.29, 1.82) is 0 Å². The molecular formula is C10H21ClN2O2. The lowest BCUT2D eigenvalue weighted by Gasteiger charge is -2.33. The van der Waals surface area contributed by atoms with Gasteiger partial charge in [-0.05, 0) is 26.8 Å². The van der Waals surface area contributed by atoms with E-state index in [1.807, 2.05) is 11.9 Å². The molecule has 0 bridgehead atoms. The number of amides is 1. The number of hydrogen-bond acceptors (Lipinski definition) is 3. The molecule has 2 atom stereocenters. The number of likely N-dealkylation sites (tertiary alicyclic amines) is 1. The quantitative estimate of drug-likeness (QED) is 0.783. The Morgan fingerprint density at radius 2 is 2.27 bits per heavy atom. The molecule has 1 N–H and O–H groups in total. The highest BCUT2D eigenvalue weighted by Gasteiger charge is 2.25. The summed E-state index contributed by atoms with van der Waals surface area (Å²) < 4.78 is 5.02. The zero-order valence-corrected chi connectivity index (χ0v) is 10.5. The maximum Gasteiger partial charge on any atom is 0.251 e. The highest BCUT2D eigenvalue weighted by atomic mass is 35.5. The van der Waals surface area contributed by atoms with Gasteiger partial charge in [-0.15, -0.1) is 12.4 Å². The van der Waals surface area contributed by atoms with Crippen LogP contribution in [0.2, 0.25) is 0 Å². The lowest BCUT2D eigenvalue weighted by molar-refractivity contribution is -0.142. The minimum atomic E-state index is -0.314. The highest BCUT2D eigenvalue weighted by Crippen LogP contribution is 2.11. The molecule has 15 heavy (non-hydrogen) atoms. The third-order valence-corrected chi connectivity index (χ3v) is 2.84. The fourth-order valence-electron chi connectivity index (χ4n) is 1.77. The molecule has 1 fully saturated rings. The van der Waals surface area contributed by atoms with Crippen LogP contribution >= 0.6 is 12.4 Å². The van der Waals surface area contributed by atoms with E-state index in [9.17, 15) is 4.79 Å². The van der Waals surface area contributed by atoms with E-state index in [2.05, 4.69) is 5.32 Å². The number of hydrogen-bond donors (Lipinski definition) is 1. The van der Waals surface area contributed by atoms with Gasteiger partial charge >= 0.3 is 0 Å². The summed E-state index contributed by atoms with van der Waals surface area (Å²) in [5.74, 6) is 0.104. The molecule has 0 aromatic carbocycles. The molecule has 1 amide bonds. The van der Waals surface area contributed by atoms with Crippen molar-refractivity contribution in [3.8, 4) is 0 Å². The van der Waals surface area contributed by atoms with Gasteiger partial charge in [0, 0.05) is 26.2 Å². The molecule has 0 aromatic rings. The van der Waals surface area contributed by atoms with Crippen molar-refractivity contribution in [2.75, 3.05) is 27.2 Å². The first-order chi connectivity index (χ1) is 6.69. The maximum atomic E-state index is 11.8. The number of methoxy groups -OCH3 is 1. The number of rotatable bonds is 3. The van der Waals surface area contributed by atoms with Crippen LogP contribution in [-0.4, -0.2) is 50.2 Å². The Labute approximate surface area is 97.8 Å². The lowest BCUT2D eigenvalue weighted by Crippen LogP contribution is -2.49. The number of piperidine rings is 1. The van der Waals surface area contributed by atoms with Crippen molar-refractivity contribution in [2.45, 2.75) is 31.9 Å². The van der Waals surface area contributed by atoms with Gasteiger partial charge in [-0.1, -0.05) is 0 Å². The van der Waals surface area contributed by atoms with Gasteiger partial charge in [-0.3, -0.25) is 4.79 Å². The Balaban J connectivity index is 0.00000196. The van der Waals surface area contributed by atoms with Crippen molar-refractivity contribution < 1.29 is 9.53 Å². The summed E-state index contributed by atoms with van der Waals surface area (Å²) in [6.07, 6.45) is 1.92. The van der Waals surface area contributed by atoms with E-state index >= 15 is 0 Å². The number of likely N-dealkylation sites (N-methyl/N-ethyl adjacent to an activating group) is 1. The van der Waals surface area contributed by atoms with Gasteiger partial charge in [0.2, 0.25) is 0 Å². The van der Waals surface area contributed by atoms with Crippen molar-refractivity contribution in [3.63, 3.8) is 0 Å². The zero-order valence-electron chi connectivity index (χ0n) is 9.66. The first-order valence-corrected chi connectivity index (χ1v) is 5.18. The molecule has 1 saturated heterocycles. The van der Waals surface area contributed by atoms with Gasteiger partial charge in [0.15, 0.2) is 0 Å². The number of nitrogens with one attached hydrogen (secondary N) is 1. The number of nitrogens with zero attached hydrogens (tertiary/aromatic N) is 1. The smallest absolute Gasteiger partial charge is 0.251 e. The average Bonchev–Trinajstić information content (AvgIpc) is 2.27. The van der Waals surface area contributed by atoms with Crippen LogP contribution in [0.25, 0.3) is 0 Å². The Bertz CT molecular complexity index is 202. The van der Waals surface area contributed by atoms with Crippen LogP contribution in [0.4, 0.5) is 0 Å². The molecule has 90 valence electrons. The fraction of sp³-hybridized carbons (Fsp3) is 0.900. The van der Waals surface area contributed by atoms with Crippen LogP contribution < -0.4 is 5.32 Å². The summed E-state index contributed by atoms with van der Waals surface area (Å²) in [6, 6.07) is 0.441. The minimum absolute atomic E-state index is 0. The van der Waals surface area contributed by atoms with Crippen molar-refractivity contribution >= 4 is 18.3 Å². The van der Waals surface area contributed by atoms with E-state index < -0.39 is 0 Å². The summed E-state index contributed by atoms with van der Waals surface area (Å²) >= 11 is 0. The molecule has 0 radical (unpaired) electrons. The van der Waals surface area contributed by atoms with Crippen LogP contribution in [-0.2, 0) is 9.53 Å². The zero-order chi connectivity index (χ0) is 10.6. The highest BCUT2D eigenvalue weighted by molar-refractivity contribution is 5.85. The van der Waals surface area contributed by atoms with E-state index in [1.165, 1.54) is 0 Å². The van der Waals surface area contributed by atoms with Gasteiger partial charge in [-0.25, -0.2) is 0 Å². The summed E-state index contributed by atoms with van der Waals surface area (Å²) in [5.41, 5.74) is 0. The number of ether oxygens (including phenoxy) is 1. The monoisotopic (exact) mass is 236 g/mol. The lowest BCUT2D eigenvalue weighted by atomic mass is 10.1. The summed E-state index contributed by atoms with van der Waals surface area (Å²) in [4.78, 5) is 13.7. The second-order valence-corrected chi connectivity index (χ2v) is 3.79. The van der Waals surface area contributed by atoms with E-state index in [4.69, 9.17) is 4.74 Å². The summed E-state index contributed by atoms with van der Waals surface area (Å²) in [6.45, 7) is 3.47. The van der Waals surface area contributed by atoms with Gasteiger partial charge in [0.1, 0.15) is 6.10 Å². The van der Waals surface area contributed by atoms with Gasteiger partial charge in [0.05, 0.1) is 0 Å². The van der Waals surface area contributed by atoms with E-state index in [0.717, 1.165) is 25.9 Å². The Morgan fingerprint density at radius 3 is 2.80 bits per heavy atom. The standard InChI is InChI=1S/C10H20N2O2.ClH/c1-8(14-3)10(13)12-6-4-5-9(7-12)11-2;/h8-9,11H,4-7H2,1-3H3;1H. The Hall–Kier alpha value is -0.320. The number of halogens is 1. The molecule has 0 aromatic heterocycles. The molecule has 0 saturated carbocycles. The van der Waals surface area contributed by atoms with Gasteiger partial charge in [0.25, 0.3) is 5.91 Å². The van der Waals surface area contributed by atoms with E-state index in [-0.39, 0.29) is 24.4 Å². The molecule has 1 aliphatic rings. The van der Waals surface area contributed by atoms with Crippen LogP contribution in [0.5, 0.6) is 0 Å². The third kappa shape index (κ3) is 3.97. The van der Waals surface area contributed by atoms with Gasteiger partial charge < -0.3 is 15.0 Å². The molecular weight excluding hydrogens is 216 g/mol. The molecule has 1 rings (SSSR count). The first-order valence-electron chi connectivity index (χ1n) is 5.18. The third-order valence-electron chi connectivity index (χ3n) is 2.84. The number of carbonyl (C=O) groups excluding carboxylic acids is 1. The Morgan fingerprint density at radius 1 is 1.60 bits per heavy atom. The predicted octanol–water partition coefficient (Wildman–Crippen LogP) is 0.653. The van der Waals surface area contributed by atoms with Crippen molar-refractivity contribution in [2.24, 2.45) is 0 Å². The fourth-order valence-corrected chi connectivity index (χ4v) is 1.77. The first kappa shape index (κ1) is 14.7.